The molecule has 2 aromatic rings. The number of benzene rings is 1. The van der Waals surface area contributed by atoms with E-state index in [1.807, 2.05) is 5.38 Å². The predicted molar refractivity (Wildman–Crippen MR) is 98.2 cm³/mol. The van der Waals surface area contributed by atoms with Crippen LogP contribution in [0.4, 0.5) is 9.93 Å². The molecule has 1 aromatic heterocycles. The van der Waals surface area contributed by atoms with E-state index in [-0.39, 0.29) is 6.03 Å². The van der Waals surface area contributed by atoms with Crippen molar-refractivity contribution in [2.75, 3.05) is 18.4 Å². The Labute approximate surface area is 147 Å². The third kappa shape index (κ3) is 5.32. The van der Waals surface area contributed by atoms with E-state index in [9.17, 15) is 4.79 Å². The van der Waals surface area contributed by atoms with E-state index in [0.717, 1.165) is 12.1 Å². The number of hydrogen-bond acceptors (Lipinski definition) is 4. The van der Waals surface area contributed by atoms with E-state index >= 15 is 0 Å². The zero-order valence-corrected chi connectivity index (χ0v) is 14.6. The number of carbonyl (C=O) groups excluding carboxylic acids is 1. The Morgan fingerprint density at radius 1 is 1.17 bits per heavy atom. The summed E-state index contributed by atoms with van der Waals surface area (Å²) in [5, 5.41) is 8.06. The van der Waals surface area contributed by atoms with Crippen LogP contribution in [0.3, 0.4) is 0 Å². The third-order valence-electron chi connectivity index (χ3n) is 4.20. The Balaban J connectivity index is 1.50. The summed E-state index contributed by atoms with van der Waals surface area (Å²) in [7, 11) is 0. The van der Waals surface area contributed by atoms with Gasteiger partial charge in [0.15, 0.2) is 5.13 Å². The van der Waals surface area contributed by atoms with Crippen molar-refractivity contribution >= 4 is 22.5 Å². The molecular formula is C18H24N4OS. The number of likely N-dealkylation sites (tertiary alicyclic amines) is 1. The number of anilines is 1. The molecule has 1 aromatic carbocycles. The fourth-order valence-corrected chi connectivity index (χ4v) is 3.52. The molecule has 0 aliphatic carbocycles. The zero-order chi connectivity index (χ0) is 16.6. The lowest BCUT2D eigenvalue weighted by molar-refractivity contribution is 0.251. The average Bonchev–Trinajstić information content (AvgIpc) is 2.96. The molecule has 2 amide bonds. The van der Waals surface area contributed by atoms with Gasteiger partial charge in [-0.05, 0) is 37.1 Å². The first-order chi connectivity index (χ1) is 11.8. The second-order valence-electron chi connectivity index (χ2n) is 6.16. The van der Waals surface area contributed by atoms with Crippen LogP contribution in [0.15, 0.2) is 35.8 Å². The van der Waals surface area contributed by atoms with Gasteiger partial charge in [-0.15, -0.1) is 11.3 Å². The van der Waals surface area contributed by atoms with Crippen molar-refractivity contribution in [1.82, 2.24) is 15.2 Å². The highest BCUT2D eigenvalue weighted by Gasteiger charge is 2.10. The molecule has 5 nitrogen and oxygen atoms in total. The molecule has 0 saturated carbocycles. The van der Waals surface area contributed by atoms with Crippen LogP contribution in [0.1, 0.15) is 36.8 Å². The molecule has 0 spiro atoms. The van der Waals surface area contributed by atoms with Gasteiger partial charge in [0.2, 0.25) is 0 Å². The Hall–Kier alpha value is -1.92. The molecule has 0 radical (unpaired) electrons. The summed E-state index contributed by atoms with van der Waals surface area (Å²) in [4.78, 5) is 18.4. The van der Waals surface area contributed by atoms with Crippen LogP contribution in [-0.2, 0) is 13.1 Å². The number of amides is 2. The first-order valence-corrected chi connectivity index (χ1v) is 9.42. The molecule has 24 heavy (non-hydrogen) atoms. The van der Waals surface area contributed by atoms with Crippen molar-refractivity contribution in [2.45, 2.75) is 38.8 Å². The van der Waals surface area contributed by atoms with Gasteiger partial charge in [-0.3, -0.25) is 10.2 Å². The van der Waals surface area contributed by atoms with E-state index in [1.165, 1.54) is 55.7 Å². The quantitative estimate of drug-likeness (QED) is 0.866. The van der Waals surface area contributed by atoms with E-state index < -0.39 is 0 Å². The summed E-state index contributed by atoms with van der Waals surface area (Å²) in [6.07, 6.45) is 6.99. The first-order valence-electron chi connectivity index (χ1n) is 8.54. The normalized spacial score (nSPS) is 15.7. The molecule has 1 saturated heterocycles. The minimum absolute atomic E-state index is 0.220. The lowest BCUT2D eigenvalue weighted by Crippen LogP contribution is -2.28. The summed E-state index contributed by atoms with van der Waals surface area (Å²) < 4.78 is 0. The molecule has 1 aliphatic rings. The Morgan fingerprint density at radius 3 is 2.71 bits per heavy atom. The molecule has 2 heterocycles. The van der Waals surface area contributed by atoms with Crippen molar-refractivity contribution in [2.24, 2.45) is 0 Å². The molecule has 0 atom stereocenters. The second kappa shape index (κ2) is 8.80. The van der Waals surface area contributed by atoms with Gasteiger partial charge in [-0.25, -0.2) is 9.78 Å². The number of nitrogens with one attached hydrogen (secondary N) is 2. The van der Waals surface area contributed by atoms with Crippen LogP contribution >= 0.6 is 11.3 Å². The summed E-state index contributed by atoms with van der Waals surface area (Å²) in [6.45, 7) is 3.90. The molecule has 2 N–H and O–H groups in total. The highest BCUT2D eigenvalue weighted by atomic mass is 32.1. The Bertz CT molecular complexity index is 636. The summed E-state index contributed by atoms with van der Waals surface area (Å²) in [6, 6.07) is 8.26. The monoisotopic (exact) mass is 344 g/mol. The van der Waals surface area contributed by atoms with Gasteiger partial charge in [0.1, 0.15) is 0 Å². The van der Waals surface area contributed by atoms with Gasteiger partial charge < -0.3 is 5.32 Å². The standard InChI is InChI=1S/C18H24N4OS/c23-17(21-18-19-8-11-24-18)20-13-15-6-5-7-16(12-15)14-22-9-3-1-2-4-10-22/h5-8,11-12H,1-4,9-10,13-14H2,(H2,19,20,21,23). The second-order valence-corrected chi connectivity index (χ2v) is 7.05. The largest absolute Gasteiger partial charge is 0.334 e. The minimum atomic E-state index is -0.220. The zero-order valence-electron chi connectivity index (χ0n) is 13.8. The Morgan fingerprint density at radius 2 is 1.96 bits per heavy atom. The van der Waals surface area contributed by atoms with Crippen LogP contribution in [0.2, 0.25) is 0 Å². The number of urea groups is 1. The number of thiazole rings is 1. The third-order valence-corrected chi connectivity index (χ3v) is 4.89. The van der Waals surface area contributed by atoms with Crippen LogP contribution in [-0.4, -0.2) is 29.0 Å². The summed E-state index contributed by atoms with van der Waals surface area (Å²) >= 11 is 1.41. The van der Waals surface area contributed by atoms with Crippen LogP contribution in [0.5, 0.6) is 0 Å². The van der Waals surface area contributed by atoms with Crippen molar-refractivity contribution < 1.29 is 4.79 Å². The fourth-order valence-electron chi connectivity index (χ4n) is 3.00. The first kappa shape index (κ1) is 16.9. The lowest BCUT2D eigenvalue weighted by atomic mass is 10.1. The van der Waals surface area contributed by atoms with Gasteiger partial charge in [0.25, 0.3) is 0 Å². The van der Waals surface area contributed by atoms with E-state index in [0.29, 0.717) is 11.7 Å². The molecule has 0 bridgehead atoms. The van der Waals surface area contributed by atoms with Gasteiger partial charge >= 0.3 is 6.03 Å². The molecule has 6 heteroatoms. The molecule has 0 unspecified atom stereocenters. The van der Waals surface area contributed by atoms with Gasteiger partial charge in [0.05, 0.1) is 0 Å². The van der Waals surface area contributed by atoms with Crippen molar-refractivity contribution in [1.29, 1.82) is 0 Å². The number of nitrogens with zero attached hydrogens (tertiary/aromatic N) is 2. The molecular weight excluding hydrogens is 320 g/mol. The van der Waals surface area contributed by atoms with Gasteiger partial charge in [-0.1, -0.05) is 37.1 Å². The van der Waals surface area contributed by atoms with Crippen LogP contribution in [0, 0.1) is 0 Å². The molecule has 3 rings (SSSR count). The van der Waals surface area contributed by atoms with E-state index in [1.54, 1.807) is 6.20 Å². The fraction of sp³-hybridized carbons (Fsp3) is 0.444. The molecule has 1 aliphatic heterocycles. The molecule has 1 fully saturated rings. The lowest BCUT2D eigenvalue weighted by Gasteiger charge is -2.20. The number of rotatable bonds is 5. The SMILES string of the molecule is O=C(NCc1cccc(CN2CCCCCC2)c1)Nc1nccs1. The van der Waals surface area contributed by atoms with Crippen molar-refractivity contribution in [3.8, 4) is 0 Å². The minimum Gasteiger partial charge on any atom is -0.334 e. The maximum atomic E-state index is 11.9. The van der Waals surface area contributed by atoms with E-state index in [2.05, 4.69) is 44.8 Å². The van der Waals surface area contributed by atoms with Crippen LogP contribution in [0.25, 0.3) is 0 Å². The topological polar surface area (TPSA) is 57.3 Å². The predicted octanol–water partition coefficient (Wildman–Crippen LogP) is 3.84. The Kier molecular flexibility index (Phi) is 6.20. The number of aromatic nitrogens is 1. The van der Waals surface area contributed by atoms with Crippen LogP contribution < -0.4 is 10.6 Å². The highest BCUT2D eigenvalue weighted by Crippen LogP contribution is 2.14. The summed E-state index contributed by atoms with van der Waals surface area (Å²) in [5.41, 5.74) is 2.44. The molecule has 128 valence electrons. The highest BCUT2D eigenvalue weighted by molar-refractivity contribution is 7.13. The summed E-state index contributed by atoms with van der Waals surface area (Å²) in [5.74, 6) is 0. The van der Waals surface area contributed by atoms with Gasteiger partial charge in [-0.2, -0.15) is 0 Å². The number of hydrogen-bond donors (Lipinski definition) is 2. The van der Waals surface area contributed by atoms with Crippen molar-refractivity contribution in [3.63, 3.8) is 0 Å². The maximum absolute atomic E-state index is 11.9. The van der Waals surface area contributed by atoms with Crippen molar-refractivity contribution in [3.05, 3.63) is 47.0 Å². The maximum Gasteiger partial charge on any atom is 0.321 e. The van der Waals surface area contributed by atoms with Gasteiger partial charge in [0, 0.05) is 24.7 Å². The number of carbonyl (C=O) groups is 1. The van der Waals surface area contributed by atoms with E-state index in [4.69, 9.17) is 0 Å². The smallest absolute Gasteiger partial charge is 0.321 e. The average molecular weight is 344 g/mol.